The van der Waals surface area contributed by atoms with Gasteiger partial charge in [-0.3, -0.25) is 9.69 Å². The van der Waals surface area contributed by atoms with Crippen LogP contribution in [0.4, 0.5) is 0 Å². The number of methoxy groups -OCH3 is 1. The van der Waals surface area contributed by atoms with Gasteiger partial charge in [-0.05, 0) is 36.8 Å². The number of hydrogen-bond acceptors (Lipinski definition) is 3. The number of ether oxygens (including phenoxy) is 1. The predicted octanol–water partition coefficient (Wildman–Crippen LogP) is 3.21. The highest BCUT2D eigenvalue weighted by Gasteiger charge is 2.31. The van der Waals surface area contributed by atoms with E-state index in [4.69, 9.17) is 4.74 Å². The van der Waals surface area contributed by atoms with Crippen LogP contribution in [-0.4, -0.2) is 55.5 Å². The molecule has 4 heteroatoms. The van der Waals surface area contributed by atoms with Crippen LogP contribution in [0.2, 0.25) is 0 Å². The van der Waals surface area contributed by atoms with Crippen LogP contribution >= 0.6 is 0 Å². The third-order valence-corrected chi connectivity index (χ3v) is 6.07. The Morgan fingerprint density at radius 2 is 1.84 bits per heavy atom. The van der Waals surface area contributed by atoms with Crippen LogP contribution in [0.1, 0.15) is 38.2 Å². The Kier molecular flexibility index (Phi) is 6.35. The van der Waals surface area contributed by atoms with Crippen molar-refractivity contribution in [3.05, 3.63) is 29.8 Å². The maximum absolute atomic E-state index is 12.7. The van der Waals surface area contributed by atoms with Gasteiger partial charge in [0.05, 0.1) is 7.11 Å². The molecule has 1 unspecified atom stereocenters. The fourth-order valence-corrected chi connectivity index (χ4v) is 4.33. The maximum Gasteiger partial charge on any atom is 0.225 e. The minimum absolute atomic E-state index is 0.211. The highest BCUT2D eigenvalue weighted by Crippen LogP contribution is 2.32. The standard InChI is InChI=1S/C21H32N2O2/c1-17(18-7-3-4-8-18)21(24)23-15-13-22(14-16-23)12-11-19-9-5-6-10-20(19)25-2/h5-6,9-10,17-18H,3-4,7-8,11-16H2,1-2H3. The number of rotatable bonds is 6. The number of hydrogen-bond donors (Lipinski definition) is 0. The summed E-state index contributed by atoms with van der Waals surface area (Å²) in [5, 5.41) is 0. The van der Waals surface area contributed by atoms with Crippen LogP contribution in [-0.2, 0) is 11.2 Å². The first-order chi connectivity index (χ1) is 12.2. The third-order valence-electron chi connectivity index (χ3n) is 6.07. The van der Waals surface area contributed by atoms with Gasteiger partial charge < -0.3 is 9.64 Å². The largest absolute Gasteiger partial charge is 0.496 e. The van der Waals surface area contributed by atoms with E-state index in [1.807, 2.05) is 12.1 Å². The number of carbonyl (C=O) groups excluding carboxylic acids is 1. The van der Waals surface area contributed by atoms with Gasteiger partial charge in [0.1, 0.15) is 5.75 Å². The zero-order chi connectivity index (χ0) is 17.6. The van der Waals surface area contributed by atoms with Crippen molar-refractivity contribution < 1.29 is 9.53 Å². The lowest BCUT2D eigenvalue weighted by atomic mass is 9.91. The topological polar surface area (TPSA) is 32.8 Å². The molecule has 0 radical (unpaired) electrons. The van der Waals surface area contributed by atoms with Gasteiger partial charge in [-0.15, -0.1) is 0 Å². The summed E-state index contributed by atoms with van der Waals surface area (Å²) >= 11 is 0. The molecule has 1 heterocycles. The van der Waals surface area contributed by atoms with Crippen molar-refractivity contribution in [2.45, 2.75) is 39.0 Å². The second-order valence-electron chi connectivity index (χ2n) is 7.56. The smallest absolute Gasteiger partial charge is 0.225 e. The van der Waals surface area contributed by atoms with E-state index in [0.29, 0.717) is 11.8 Å². The maximum atomic E-state index is 12.7. The van der Waals surface area contributed by atoms with Gasteiger partial charge in [-0.2, -0.15) is 0 Å². The molecule has 0 aromatic heterocycles. The summed E-state index contributed by atoms with van der Waals surface area (Å²) < 4.78 is 5.44. The summed E-state index contributed by atoms with van der Waals surface area (Å²) in [5.74, 6) is 2.19. The third kappa shape index (κ3) is 4.55. The van der Waals surface area contributed by atoms with E-state index in [1.54, 1.807) is 7.11 Å². The highest BCUT2D eigenvalue weighted by molar-refractivity contribution is 5.79. The zero-order valence-electron chi connectivity index (χ0n) is 15.7. The molecule has 2 aliphatic rings. The number of carbonyl (C=O) groups is 1. The molecule has 1 aromatic carbocycles. The Morgan fingerprint density at radius 1 is 1.16 bits per heavy atom. The molecule has 1 saturated heterocycles. The quantitative estimate of drug-likeness (QED) is 0.794. The lowest BCUT2D eigenvalue weighted by molar-refractivity contribution is -0.138. The molecule has 1 aromatic rings. The highest BCUT2D eigenvalue weighted by atomic mass is 16.5. The molecule has 4 nitrogen and oxygen atoms in total. The van der Waals surface area contributed by atoms with E-state index in [0.717, 1.165) is 44.9 Å². The fourth-order valence-electron chi connectivity index (χ4n) is 4.33. The molecule has 1 atom stereocenters. The van der Waals surface area contributed by atoms with Crippen molar-refractivity contribution >= 4 is 5.91 Å². The molecule has 1 aliphatic heterocycles. The average molecular weight is 344 g/mol. The Hall–Kier alpha value is -1.55. The van der Waals surface area contributed by atoms with E-state index in [1.165, 1.54) is 31.2 Å². The summed E-state index contributed by atoms with van der Waals surface area (Å²) in [4.78, 5) is 17.3. The van der Waals surface area contributed by atoms with Crippen LogP contribution in [0.3, 0.4) is 0 Å². The summed E-state index contributed by atoms with van der Waals surface area (Å²) in [7, 11) is 1.73. The number of para-hydroxylation sites is 1. The molecule has 3 rings (SSSR count). The summed E-state index contributed by atoms with van der Waals surface area (Å²) in [5.41, 5.74) is 1.26. The molecule has 0 spiro atoms. The van der Waals surface area contributed by atoms with Crippen molar-refractivity contribution in [3.8, 4) is 5.75 Å². The molecule has 25 heavy (non-hydrogen) atoms. The molecule has 0 bridgehead atoms. The fraction of sp³-hybridized carbons (Fsp3) is 0.667. The molecular weight excluding hydrogens is 312 g/mol. The molecule has 0 N–H and O–H groups in total. The molecule has 1 saturated carbocycles. The van der Waals surface area contributed by atoms with Gasteiger partial charge in [0.25, 0.3) is 0 Å². The van der Waals surface area contributed by atoms with E-state index < -0.39 is 0 Å². The molecule has 1 amide bonds. The molecule has 1 aliphatic carbocycles. The van der Waals surface area contributed by atoms with Gasteiger partial charge in [-0.1, -0.05) is 38.0 Å². The number of benzene rings is 1. The second kappa shape index (κ2) is 8.70. The van der Waals surface area contributed by atoms with Crippen LogP contribution in [0, 0.1) is 11.8 Å². The van der Waals surface area contributed by atoms with Gasteiger partial charge in [0.2, 0.25) is 5.91 Å². The van der Waals surface area contributed by atoms with Crippen molar-refractivity contribution in [2.75, 3.05) is 39.8 Å². The van der Waals surface area contributed by atoms with Gasteiger partial charge in [-0.25, -0.2) is 0 Å². The second-order valence-corrected chi connectivity index (χ2v) is 7.56. The SMILES string of the molecule is COc1ccccc1CCN1CCN(C(=O)C(C)C2CCCC2)CC1. The molecule has 2 fully saturated rings. The van der Waals surface area contributed by atoms with E-state index in [2.05, 4.69) is 28.9 Å². The summed E-state index contributed by atoms with van der Waals surface area (Å²) in [6, 6.07) is 8.25. The minimum atomic E-state index is 0.211. The van der Waals surface area contributed by atoms with Crippen molar-refractivity contribution in [1.82, 2.24) is 9.80 Å². The van der Waals surface area contributed by atoms with Crippen molar-refractivity contribution in [2.24, 2.45) is 11.8 Å². The monoisotopic (exact) mass is 344 g/mol. The normalized spacial score (nSPS) is 20.6. The molecular formula is C21H32N2O2. The van der Waals surface area contributed by atoms with Gasteiger partial charge in [0.15, 0.2) is 0 Å². The minimum Gasteiger partial charge on any atom is -0.496 e. The average Bonchev–Trinajstić information content (AvgIpc) is 3.20. The van der Waals surface area contributed by atoms with Crippen molar-refractivity contribution in [1.29, 1.82) is 0 Å². The van der Waals surface area contributed by atoms with Gasteiger partial charge in [0, 0.05) is 38.6 Å². The lowest BCUT2D eigenvalue weighted by Gasteiger charge is -2.37. The van der Waals surface area contributed by atoms with Crippen LogP contribution < -0.4 is 4.74 Å². The predicted molar refractivity (Wildman–Crippen MR) is 101 cm³/mol. The molecule has 138 valence electrons. The van der Waals surface area contributed by atoms with Crippen LogP contribution in [0.25, 0.3) is 0 Å². The van der Waals surface area contributed by atoms with Crippen LogP contribution in [0.5, 0.6) is 5.75 Å². The van der Waals surface area contributed by atoms with E-state index in [-0.39, 0.29) is 5.92 Å². The first-order valence-electron chi connectivity index (χ1n) is 9.82. The van der Waals surface area contributed by atoms with E-state index >= 15 is 0 Å². The first kappa shape index (κ1) is 18.2. The Bertz CT molecular complexity index is 561. The van der Waals surface area contributed by atoms with Crippen molar-refractivity contribution in [3.63, 3.8) is 0 Å². The lowest BCUT2D eigenvalue weighted by Crippen LogP contribution is -2.51. The number of piperazine rings is 1. The number of amides is 1. The van der Waals surface area contributed by atoms with Gasteiger partial charge >= 0.3 is 0 Å². The zero-order valence-corrected chi connectivity index (χ0v) is 15.7. The summed E-state index contributed by atoms with van der Waals surface area (Å²) in [6.45, 7) is 6.90. The number of nitrogens with zero attached hydrogens (tertiary/aromatic N) is 2. The Balaban J connectivity index is 1.44. The Labute approximate surface area is 152 Å². The van der Waals surface area contributed by atoms with Crippen LogP contribution in [0.15, 0.2) is 24.3 Å². The summed E-state index contributed by atoms with van der Waals surface area (Å²) in [6.07, 6.45) is 6.09. The first-order valence-corrected chi connectivity index (χ1v) is 9.82. The Morgan fingerprint density at radius 3 is 2.52 bits per heavy atom. The van der Waals surface area contributed by atoms with E-state index in [9.17, 15) is 4.79 Å².